The maximum absolute atomic E-state index is 5.05. The maximum Gasteiger partial charge on any atom is 0.125 e. The lowest BCUT2D eigenvalue weighted by atomic mass is 10.1. The van der Waals surface area contributed by atoms with E-state index < -0.39 is 0 Å². The second kappa shape index (κ2) is 4.31. The van der Waals surface area contributed by atoms with Crippen LogP contribution in [0.3, 0.4) is 0 Å². The minimum Gasteiger partial charge on any atom is -0.472 e. The first kappa shape index (κ1) is 9.98. The molecule has 0 fully saturated rings. The zero-order valence-corrected chi connectivity index (χ0v) is 8.97. The Balaban J connectivity index is 2.15. The van der Waals surface area contributed by atoms with Crippen molar-refractivity contribution in [2.45, 2.75) is 12.5 Å². The van der Waals surface area contributed by atoms with Crippen molar-refractivity contribution in [2.24, 2.45) is 7.05 Å². The SMILES string of the molecule is CNC(Cc1ccoc1)c1nccn1C. The van der Waals surface area contributed by atoms with Crippen LogP contribution >= 0.6 is 0 Å². The van der Waals surface area contributed by atoms with E-state index in [1.54, 1.807) is 12.5 Å². The summed E-state index contributed by atoms with van der Waals surface area (Å²) >= 11 is 0. The highest BCUT2D eigenvalue weighted by molar-refractivity contribution is 5.11. The van der Waals surface area contributed by atoms with Crippen LogP contribution in [0.25, 0.3) is 0 Å². The van der Waals surface area contributed by atoms with E-state index in [-0.39, 0.29) is 6.04 Å². The van der Waals surface area contributed by atoms with Crippen LogP contribution in [0, 0.1) is 0 Å². The van der Waals surface area contributed by atoms with Crippen LogP contribution in [0.15, 0.2) is 35.4 Å². The summed E-state index contributed by atoms with van der Waals surface area (Å²) < 4.78 is 7.08. The molecule has 15 heavy (non-hydrogen) atoms. The Morgan fingerprint density at radius 3 is 3.00 bits per heavy atom. The molecule has 2 rings (SSSR count). The molecule has 80 valence electrons. The first-order chi connectivity index (χ1) is 7.31. The summed E-state index contributed by atoms with van der Waals surface area (Å²) in [6.07, 6.45) is 8.12. The number of furan rings is 1. The topological polar surface area (TPSA) is 43.0 Å². The number of likely N-dealkylation sites (N-methyl/N-ethyl adjacent to an activating group) is 1. The molecule has 0 spiro atoms. The summed E-state index contributed by atoms with van der Waals surface area (Å²) in [6.45, 7) is 0. The number of nitrogens with one attached hydrogen (secondary N) is 1. The number of aryl methyl sites for hydroxylation is 1. The predicted octanol–water partition coefficient (Wildman–Crippen LogP) is 1.52. The van der Waals surface area contributed by atoms with E-state index in [9.17, 15) is 0 Å². The first-order valence-electron chi connectivity index (χ1n) is 4.97. The number of rotatable bonds is 4. The Bertz CT molecular complexity index is 405. The number of aromatic nitrogens is 2. The van der Waals surface area contributed by atoms with Gasteiger partial charge >= 0.3 is 0 Å². The molecule has 1 atom stereocenters. The summed E-state index contributed by atoms with van der Waals surface area (Å²) in [7, 11) is 3.95. The fourth-order valence-electron chi connectivity index (χ4n) is 1.68. The monoisotopic (exact) mass is 205 g/mol. The predicted molar refractivity (Wildman–Crippen MR) is 57.4 cm³/mol. The molecular formula is C11H15N3O. The van der Waals surface area contributed by atoms with Gasteiger partial charge in [0, 0.05) is 19.4 Å². The van der Waals surface area contributed by atoms with Crippen molar-refractivity contribution in [1.82, 2.24) is 14.9 Å². The number of hydrogen-bond donors (Lipinski definition) is 1. The van der Waals surface area contributed by atoms with E-state index in [2.05, 4.69) is 10.3 Å². The van der Waals surface area contributed by atoms with Gasteiger partial charge in [0.05, 0.1) is 18.6 Å². The van der Waals surface area contributed by atoms with Gasteiger partial charge in [-0.15, -0.1) is 0 Å². The number of hydrogen-bond acceptors (Lipinski definition) is 3. The van der Waals surface area contributed by atoms with Crippen molar-refractivity contribution < 1.29 is 4.42 Å². The first-order valence-corrected chi connectivity index (χ1v) is 4.97. The number of nitrogens with zero attached hydrogens (tertiary/aromatic N) is 2. The highest BCUT2D eigenvalue weighted by atomic mass is 16.3. The molecule has 4 heteroatoms. The Labute approximate surface area is 88.9 Å². The Morgan fingerprint density at radius 2 is 2.47 bits per heavy atom. The number of imidazole rings is 1. The molecule has 0 saturated heterocycles. The van der Waals surface area contributed by atoms with Crippen molar-refractivity contribution in [3.05, 3.63) is 42.4 Å². The zero-order valence-electron chi connectivity index (χ0n) is 8.97. The third-order valence-electron chi connectivity index (χ3n) is 2.54. The minimum atomic E-state index is 0.225. The second-order valence-electron chi connectivity index (χ2n) is 3.57. The van der Waals surface area contributed by atoms with Crippen LogP contribution < -0.4 is 5.32 Å². The minimum absolute atomic E-state index is 0.225. The average molecular weight is 205 g/mol. The molecule has 2 aromatic rings. The quantitative estimate of drug-likeness (QED) is 0.822. The summed E-state index contributed by atoms with van der Waals surface area (Å²) in [5, 5.41) is 3.26. The summed E-state index contributed by atoms with van der Waals surface area (Å²) in [5.74, 6) is 1.04. The molecule has 0 aliphatic rings. The molecule has 0 bridgehead atoms. The van der Waals surface area contributed by atoms with E-state index in [1.165, 1.54) is 5.56 Å². The smallest absolute Gasteiger partial charge is 0.125 e. The van der Waals surface area contributed by atoms with Gasteiger partial charge in [0.1, 0.15) is 5.82 Å². The fraction of sp³-hybridized carbons (Fsp3) is 0.364. The maximum atomic E-state index is 5.05. The molecule has 0 saturated carbocycles. The molecule has 0 amide bonds. The van der Waals surface area contributed by atoms with Crippen LogP contribution in [0.4, 0.5) is 0 Å². The Kier molecular flexibility index (Phi) is 2.87. The average Bonchev–Trinajstić information content (AvgIpc) is 2.85. The van der Waals surface area contributed by atoms with Crippen LogP contribution in [-0.4, -0.2) is 16.6 Å². The molecule has 1 N–H and O–H groups in total. The third kappa shape index (κ3) is 2.10. The van der Waals surface area contributed by atoms with Gasteiger partial charge in [0.2, 0.25) is 0 Å². The van der Waals surface area contributed by atoms with Gasteiger partial charge in [-0.1, -0.05) is 0 Å². The summed E-state index contributed by atoms with van der Waals surface area (Å²) in [6, 6.07) is 2.20. The third-order valence-corrected chi connectivity index (χ3v) is 2.54. The summed E-state index contributed by atoms with van der Waals surface area (Å²) in [4.78, 5) is 4.34. The van der Waals surface area contributed by atoms with Crippen molar-refractivity contribution in [1.29, 1.82) is 0 Å². The Morgan fingerprint density at radius 1 is 1.60 bits per heavy atom. The van der Waals surface area contributed by atoms with Crippen molar-refractivity contribution in [3.63, 3.8) is 0 Å². The summed E-state index contributed by atoms with van der Waals surface area (Å²) in [5.41, 5.74) is 1.18. The largest absolute Gasteiger partial charge is 0.472 e. The normalized spacial score (nSPS) is 12.9. The van der Waals surface area contributed by atoms with Gasteiger partial charge in [-0.2, -0.15) is 0 Å². The molecule has 0 radical (unpaired) electrons. The molecule has 4 nitrogen and oxygen atoms in total. The van der Waals surface area contributed by atoms with E-state index in [0.29, 0.717) is 0 Å². The van der Waals surface area contributed by atoms with Crippen LogP contribution in [0.1, 0.15) is 17.4 Å². The van der Waals surface area contributed by atoms with Crippen molar-refractivity contribution in [2.75, 3.05) is 7.05 Å². The van der Waals surface area contributed by atoms with E-state index in [1.807, 2.05) is 37.1 Å². The molecule has 0 aromatic carbocycles. The molecule has 2 heterocycles. The lowest BCUT2D eigenvalue weighted by Crippen LogP contribution is -2.22. The van der Waals surface area contributed by atoms with Gasteiger partial charge < -0.3 is 14.3 Å². The highest BCUT2D eigenvalue weighted by Crippen LogP contribution is 2.16. The lowest BCUT2D eigenvalue weighted by Gasteiger charge is -2.14. The van der Waals surface area contributed by atoms with Gasteiger partial charge in [0.25, 0.3) is 0 Å². The molecule has 1 unspecified atom stereocenters. The molecule has 0 aliphatic carbocycles. The van der Waals surface area contributed by atoms with Crippen LogP contribution in [-0.2, 0) is 13.5 Å². The van der Waals surface area contributed by atoms with E-state index in [4.69, 9.17) is 4.42 Å². The highest BCUT2D eigenvalue weighted by Gasteiger charge is 2.14. The molecule has 0 aliphatic heterocycles. The van der Waals surface area contributed by atoms with Gasteiger partial charge in [-0.3, -0.25) is 0 Å². The van der Waals surface area contributed by atoms with E-state index >= 15 is 0 Å². The van der Waals surface area contributed by atoms with Crippen molar-refractivity contribution >= 4 is 0 Å². The second-order valence-corrected chi connectivity index (χ2v) is 3.57. The van der Waals surface area contributed by atoms with Gasteiger partial charge in [-0.25, -0.2) is 4.98 Å². The standard InChI is InChI=1S/C11H15N3O/c1-12-10(7-9-3-6-15-8-9)11-13-4-5-14(11)2/h3-6,8,10,12H,7H2,1-2H3. The zero-order chi connectivity index (χ0) is 10.7. The van der Waals surface area contributed by atoms with Gasteiger partial charge in [0.15, 0.2) is 0 Å². The van der Waals surface area contributed by atoms with Crippen LogP contribution in [0.5, 0.6) is 0 Å². The Hall–Kier alpha value is -1.55. The van der Waals surface area contributed by atoms with Crippen LogP contribution in [0.2, 0.25) is 0 Å². The van der Waals surface area contributed by atoms with E-state index in [0.717, 1.165) is 12.2 Å². The van der Waals surface area contributed by atoms with Crippen molar-refractivity contribution in [3.8, 4) is 0 Å². The molecular weight excluding hydrogens is 190 g/mol. The fourth-order valence-corrected chi connectivity index (χ4v) is 1.68. The molecule has 2 aromatic heterocycles. The van der Waals surface area contributed by atoms with Gasteiger partial charge in [-0.05, 0) is 25.1 Å². The lowest BCUT2D eigenvalue weighted by molar-refractivity contribution is 0.527.